The zero-order chi connectivity index (χ0) is 20.1. The summed E-state index contributed by atoms with van der Waals surface area (Å²) >= 11 is 2.99. The number of para-hydroxylation sites is 1. The average Bonchev–Trinajstić information content (AvgIpc) is 3.17. The molecular weight excluding hydrogens is 404 g/mol. The maximum absolute atomic E-state index is 12.1. The summed E-state index contributed by atoms with van der Waals surface area (Å²) in [5, 5.41) is 7.24. The molecule has 2 aromatic carbocycles. The summed E-state index contributed by atoms with van der Waals surface area (Å²) in [7, 11) is 0. The number of amides is 1. The van der Waals surface area contributed by atoms with Crippen molar-refractivity contribution >= 4 is 39.2 Å². The van der Waals surface area contributed by atoms with Crippen LogP contribution in [0.4, 0.5) is 0 Å². The summed E-state index contributed by atoms with van der Waals surface area (Å²) in [6.45, 7) is 0.654. The first-order valence-electron chi connectivity index (χ1n) is 9.08. The molecule has 2 aromatic heterocycles. The summed E-state index contributed by atoms with van der Waals surface area (Å²) in [6, 6.07) is 20.8. The van der Waals surface area contributed by atoms with Crippen molar-refractivity contribution < 1.29 is 4.79 Å². The van der Waals surface area contributed by atoms with Crippen LogP contribution in [0, 0.1) is 0 Å². The molecule has 6 nitrogen and oxygen atoms in total. The Morgan fingerprint density at radius 2 is 1.83 bits per heavy atom. The maximum atomic E-state index is 12.1. The summed E-state index contributed by atoms with van der Waals surface area (Å²) in [5.41, 5.74) is 2.42. The van der Waals surface area contributed by atoms with Gasteiger partial charge in [-0.1, -0.05) is 54.2 Å². The van der Waals surface area contributed by atoms with Crippen LogP contribution in [0.15, 0.2) is 75.9 Å². The molecule has 2 heterocycles. The number of carbonyl (C=O) groups is 1. The Labute approximate surface area is 175 Å². The van der Waals surface area contributed by atoms with E-state index in [1.54, 1.807) is 17.4 Å². The van der Waals surface area contributed by atoms with E-state index in [2.05, 4.69) is 15.4 Å². The van der Waals surface area contributed by atoms with E-state index in [-0.39, 0.29) is 17.2 Å². The lowest BCUT2D eigenvalue weighted by atomic mass is 10.1. The molecular formula is C21H18N4O2S2. The molecule has 4 rings (SSSR count). The first-order chi connectivity index (χ1) is 14.2. The van der Waals surface area contributed by atoms with E-state index in [0.717, 1.165) is 25.8 Å². The second-order valence-electron chi connectivity index (χ2n) is 6.23. The summed E-state index contributed by atoms with van der Waals surface area (Å²) in [5.74, 6) is 0.188. The summed E-state index contributed by atoms with van der Waals surface area (Å²) in [6.07, 6.45) is 0. The van der Waals surface area contributed by atoms with Crippen LogP contribution >= 0.6 is 23.1 Å². The Kier molecular flexibility index (Phi) is 6.02. The molecule has 0 spiro atoms. The van der Waals surface area contributed by atoms with Gasteiger partial charge in [0, 0.05) is 18.2 Å². The van der Waals surface area contributed by atoms with E-state index in [9.17, 15) is 9.59 Å². The van der Waals surface area contributed by atoms with Crippen molar-refractivity contribution in [1.82, 2.24) is 20.1 Å². The van der Waals surface area contributed by atoms with E-state index in [1.165, 1.54) is 22.5 Å². The Balaban J connectivity index is 1.30. The number of hydrogen-bond acceptors (Lipinski definition) is 6. The van der Waals surface area contributed by atoms with Crippen LogP contribution in [0.2, 0.25) is 0 Å². The third kappa shape index (κ3) is 4.90. The SMILES string of the molecule is O=C(CSc1nc2ccccc2s1)NCCn1nc(-c2ccccc2)ccc1=O. The predicted octanol–water partition coefficient (Wildman–Crippen LogP) is 3.43. The zero-order valence-electron chi connectivity index (χ0n) is 15.4. The lowest BCUT2D eigenvalue weighted by Gasteiger charge is -2.08. The van der Waals surface area contributed by atoms with Crippen molar-refractivity contribution in [3.05, 3.63) is 77.1 Å². The number of thiazole rings is 1. The van der Waals surface area contributed by atoms with Crippen molar-refractivity contribution in [3.8, 4) is 11.3 Å². The van der Waals surface area contributed by atoms with Gasteiger partial charge in [0.15, 0.2) is 4.34 Å². The fourth-order valence-electron chi connectivity index (χ4n) is 2.76. The fourth-order valence-corrected chi connectivity index (χ4v) is 4.66. The minimum absolute atomic E-state index is 0.0958. The van der Waals surface area contributed by atoms with Crippen LogP contribution in [0.1, 0.15) is 0 Å². The molecule has 0 atom stereocenters. The number of nitrogens with zero attached hydrogens (tertiary/aromatic N) is 3. The molecule has 0 bridgehead atoms. The highest BCUT2D eigenvalue weighted by Crippen LogP contribution is 2.28. The molecule has 0 saturated heterocycles. The van der Waals surface area contributed by atoms with Gasteiger partial charge < -0.3 is 5.32 Å². The van der Waals surface area contributed by atoms with Crippen LogP contribution in [0.5, 0.6) is 0 Å². The molecule has 1 N–H and O–H groups in total. The van der Waals surface area contributed by atoms with Gasteiger partial charge >= 0.3 is 0 Å². The van der Waals surface area contributed by atoms with Crippen LogP contribution < -0.4 is 10.9 Å². The van der Waals surface area contributed by atoms with Crippen molar-refractivity contribution in [1.29, 1.82) is 0 Å². The van der Waals surface area contributed by atoms with Crippen molar-refractivity contribution in [2.75, 3.05) is 12.3 Å². The molecule has 0 aliphatic rings. The van der Waals surface area contributed by atoms with E-state index in [0.29, 0.717) is 13.1 Å². The highest BCUT2D eigenvalue weighted by molar-refractivity contribution is 8.01. The molecule has 4 aromatic rings. The Bertz CT molecular complexity index is 1150. The summed E-state index contributed by atoms with van der Waals surface area (Å²) < 4.78 is 3.36. The van der Waals surface area contributed by atoms with Crippen LogP contribution in [0.3, 0.4) is 0 Å². The molecule has 0 aliphatic heterocycles. The largest absolute Gasteiger partial charge is 0.354 e. The van der Waals surface area contributed by atoms with Gasteiger partial charge in [-0.3, -0.25) is 9.59 Å². The van der Waals surface area contributed by atoms with Crippen molar-refractivity contribution in [3.63, 3.8) is 0 Å². The normalized spacial score (nSPS) is 10.9. The van der Waals surface area contributed by atoms with Gasteiger partial charge in [0.2, 0.25) is 5.91 Å². The molecule has 0 aliphatic carbocycles. The van der Waals surface area contributed by atoms with Crippen molar-refractivity contribution in [2.24, 2.45) is 0 Å². The number of hydrogen-bond donors (Lipinski definition) is 1. The topological polar surface area (TPSA) is 76.9 Å². The number of nitrogens with one attached hydrogen (secondary N) is 1. The Hall–Kier alpha value is -2.97. The van der Waals surface area contributed by atoms with Gasteiger partial charge in [-0.25, -0.2) is 9.67 Å². The van der Waals surface area contributed by atoms with Gasteiger partial charge in [0.25, 0.3) is 5.56 Å². The number of rotatable bonds is 7. The van der Waals surface area contributed by atoms with E-state index in [4.69, 9.17) is 0 Å². The smallest absolute Gasteiger partial charge is 0.266 e. The quantitative estimate of drug-likeness (QED) is 0.462. The van der Waals surface area contributed by atoms with Gasteiger partial charge in [-0.15, -0.1) is 11.3 Å². The third-order valence-electron chi connectivity index (χ3n) is 4.18. The van der Waals surface area contributed by atoms with Crippen LogP contribution in [0.25, 0.3) is 21.5 Å². The predicted molar refractivity (Wildman–Crippen MR) is 117 cm³/mol. The molecule has 0 radical (unpaired) electrons. The van der Waals surface area contributed by atoms with Gasteiger partial charge in [0.1, 0.15) is 0 Å². The standard InChI is InChI=1S/C21H18N4O2S2/c26-19(14-28-21-23-17-8-4-5-9-18(17)29-21)22-12-13-25-20(27)11-10-16(24-25)15-6-2-1-3-7-15/h1-11H,12-14H2,(H,22,26). The average molecular weight is 423 g/mol. The Morgan fingerprint density at radius 1 is 1.03 bits per heavy atom. The second kappa shape index (κ2) is 9.02. The van der Waals surface area contributed by atoms with Gasteiger partial charge in [0.05, 0.1) is 28.2 Å². The van der Waals surface area contributed by atoms with E-state index in [1.807, 2.05) is 54.6 Å². The van der Waals surface area contributed by atoms with Gasteiger partial charge in [-0.2, -0.15) is 5.10 Å². The number of fused-ring (bicyclic) bond motifs is 1. The lowest BCUT2D eigenvalue weighted by Crippen LogP contribution is -2.32. The number of thioether (sulfide) groups is 1. The molecule has 29 heavy (non-hydrogen) atoms. The van der Waals surface area contributed by atoms with E-state index >= 15 is 0 Å². The van der Waals surface area contributed by atoms with Crippen molar-refractivity contribution in [2.45, 2.75) is 10.9 Å². The molecule has 146 valence electrons. The highest BCUT2D eigenvalue weighted by Gasteiger charge is 2.08. The first kappa shape index (κ1) is 19.4. The molecule has 8 heteroatoms. The maximum Gasteiger partial charge on any atom is 0.266 e. The lowest BCUT2D eigenvalue weighted by molar-refractivity contribution is -0.118. The van der Waals surface area contributed by atoms with Crippen LogP contribution in [-0.4, -0.2) is 33.0 Å². The Morgan fingerprint density at radius 3 is 2.66 bits per heavy atom. The minimum atomic E-state index is -0.192. The first-order valence-corrected chi connectivity index (χ1v) is 10.9. The second-order valence-corrected chi connectivity index (χ2v) is 8.49. The zero-order valence-corrected chi connectivity index (χ0v) is 17.1. The fraction of sp³-hybridized carbons (Fsp3) is 0.143. The highest BCUT2D eigenvalue weighted by atomic mass is 32.2. The number of carbonyl (C=O) groups excluding carboxylic acids is 1. The molecule has 1 amide bonds. The van der Waals surface area contributed by atoms with Crippen LogP contribution in [-0.2, 0) is 11.3 Å². The monoisotopic (exact) mass is 422 g/mol. The van der Waals surface area contributed by atoms with E-state index < -0.39 is 0 Å². The number of benzene rings is 2. The molecule has 0 saturated carbocycles. The molecule has 0 fully saturated rings. The summed E-state index contributed by atoms with van der Waals surface area (Å²) in [4.78, 5) is 28.7. The van der Waals surface area contributed by atoms with Gasteiger partial charge in [-0.05, 0) is 18.2 Å². The minimum Gasteiger partial charge on any atom is -0.354 e. The number of aromatic nitrogens is 3. The third-order valence-corrected chi connectivity index (χ3v) is 6.36. The molecule has 0 unspecified atom stereocenters.